The van der Waals surface area contributed by atoms with Gasteiger partial charge >= 0.3 is 0 Å². The van der Waals surface area contributed by atoms with E-state index in [1.54, 1.807) is 0 Å². The summed E-state index contributed by atoms with van der Waals surface area (Å²) in [5.41, 5.74) is 2.94. The third-order valence-electron chi connectivity index (χ3n) is 6.63. The fourth-order valence-corrected chi connectivity index (χ4v) is 4.92. The van der Waals surface area contributed by atoms with Gasteiger partial charge in [0.1, 0.15) is 0 Å². The van der Waals surface area contributed by atoms with Gasteiger partial charge in [-0.2, -0.15) is 0 Å². The molecule has 3 aromatic carbocycles. The van der Waals surface area contributed by atoms with Crippen molar-refractivity contribution in [2.75, 3.05) is 72.5 Å². The van der Waals surface area contributed by atoms with Crippen LogP contribution in [-0.4, -0.2) is 77.4 Å². The lowest BCUT2D eigenvalue weighted by Gasteiger charge is -2.23. The van der Waals surface area contributed by atoms with E-state index in [1.807, 2.05) is 0 Å². The Bertz CT molecular complexity index is 949. The number of nitrogens with zero attached hydrogens (tertiary/aromatic N) is 1. The summed E-state index contributed by atoms with van der Waals surface area (Å²) in [7, 11) is 0. The quantitative estimate of drug-likeness (QED) is 0.503. The number of hydrogen-bond donors (Lipinski definition) is 0. The monoisotopic (exact) mass is 465 g/mol. The van der Waals surface area contributed by atoms with E-state index >= 15 is 0 Å². The van der Waals surface area contributed by atoms with Crippen LogP contribution < -0.4 is 0 Å². The fraction of sp³-hybridized carbons (Fsp3) is 0.517. The van der Waals surface area contributed by atoms with Gasteiger partial charge in [0.25, 0.3) is 0 Å². The largest absolute Gasteiger partial charge is 0.378 e. The predicted octanol–water partition coefficient (Wildman–Crippen LogP) is 4.87. The molecule has 1 aliphatic heterocycles. The zero-order valence-electron chi connectivity index (χ0n) is 20.6. The predicted molar refractivity (Wildman–Crippen MR) is 139 cm³/mol. The minimum Gasteiger partial charge on any atom is -0.378 e. The van der Waals surface area contributed by atoms with Crippen molar-refractivity contribution in [3.63, 3.8) is 0 Å². The smallest absolute Gasteiger partial charge is 0.0701 e. The standard InChI is InChI=1S/C29H39NO4/c1-2-24-25-8-3-5-10-27(25)29(28-11-6-4-9-26(24)28)12-7-13-30-14-16-31-18-20-33-22-23-34-21-19-32-17-15-30/h3-6,8-11H,2,7,12-23H2,1H3. The summed E-state index contributed by atoms with van der Waals surface area (Å²) in [5.74, 6) is 0. The maximum absolute atomic E-state index is 5.80. The van der Waals surface area contributed by atoms with Crippen LogP contribution in [0.3, 0.4) is 0 Å². The second-order valence-electron chi connectivity index (χ2n) is 8.80. The van der Waals surface area contributed by atoms with Crippen LogP contribution in [-0.2, 0) is 31.8 Å². The van der Waals surface area contributed by atoms with Crippen molar-refractivity contribution in [1.82, 2.24) is 4.90 Å². The normalized spacial score (nSPS) is 18.0. The molecule has 34 heavy (non-hydrogen) atoms. The minimum atomic E-state index is 0.609. The van der Waals surface area contributed by atoms with Crippen LogP contribution in [0, 0.1) is 0 Å². The molecule has 5 heteroatoms. The Morgan fingerprint density at radius 2 is 1.00 bits per heavy atom. The number of rotatable bonds is 5. The molecule has 0 N–H and O–H groups in total. The lowest BCUT2D eigenvalue weighted by molar-refractivity contribution is 0.00206. The molecule has 3 aromatic rings. The molecule has 4 rings (SSSR count). The molecule has 1 heterocycles. The zero-order chi connectivity index (χ0) is 23.4. The lowest BCUT2D eigenvalue weighted by atomic mass is 9.89. The Hall–Kier alpha value is -2.02. The molecule has 0 amide bonds. The van der Waals surface area contributed by atoms with Gasteiger partial charge in [-0.3, -0.25) is 4.90 Å². The van der Waals surface area contributed by atoms with E-state index in [0.29, 0.717) is 39.6 Å². The van der Waals surface area contributed by atoms with E-state index < -0.39 is 0 Å². The molecule has 5 nitrogen and oxygen atoms in total. The summed E-state index contributed by atoms with van der Waals surface area (Å²) in [4.78, 5) is 2.46. The molecule has 1 aliphatic rings. The van der Waals surface area contributed by atoms with E-state index in [-0.39, 0.29) is 0 Å². The van der Waals surface area contributed by atoms with Crippen molar-refractivity contribution in [2.24, 2.45) is 0 Å². The summed E-state index contributed by atoms with van der Waals surface area (Å²) in [5, 5.41) is 5.61. The first-order chi connectivity index (χ1) is 16.9. The summed E-state index contributed by atoms with van der Waals surface area (Å²) < 4.78 is 22.7. The SMILES string of the molecule is CCc1c2ccccc2c(CCCN2CCOCCOCCOCCOCC2)c2ccccc12. The maximum atomic E-state index is 5.80. The van der Waals surface area contributed by atoms with Crippen molar-refractivity contribution in [3.8, 4) is 0 Å². The molecule has 0 aromatic heterocycles. The van der Waals surface area contributed by atoms with E-state index in [1.165, 1.54) is 32.7 Å². The van der Waals surface area contributed by atoms with Crippen molar-refractivity contribution >= 4 is 21.5 Å². The van der Waals surface area contributed by atoms with Crippen molar-refractivity contribution in [1.29, 1.82) is 0 Å². The molecular weight excluding hydrogens is 426 g/mol. The molecular formula is C29H39NO4. The summed E-state index contributed by atoms with van der Waals surface area (Å²) in [6.45, 7) is 10.3. The van der Waals surface area contributed by atoms with Gasteiger partial charge in [0, 0.05) is 13.1 Å². The number of ether oxygens (including phenoxy) is 4. The number of aryl methyl sites for hydroxylation is 2. The highest BCUT2D eigenvalue weighted by Crippen LogP contribution is 2.34. The Morgan fingerprint density at radius 3 is 1.44 bits per heavy atom. The van der Waals surface area contributed by atoms with Crippen molar-refractivity contribution in [3.05, 3.63) is 59.7 Å². The van der Waals surface area contributed by atoms with Crippen molar-refractivity contribution in [2.45, 2.75) is 26.2 Å². The second kappa shape index (κ2) is 13.8. The first kappa shape index (κ1) is 25.1. The van der Waals surface area contributed by atoms with Gasteiger partial charge in [-0.25, -0.2) is 0 Å². The van der Waals surface area contributed by atoms with Gasteiger partial charge in [0.2, 0.25) is 0 Å². The molecule has 0 spiro atoms. The average molecular weight is 466 g/mol. The van der Waals surface area contributed by atoms with Crippen LogP contribution >= 0.6 is 0 Å². The number of hydrogen-bond acceptors (Lipinski definition) is 5. The Balaban J connectivity index is 1.43. The van der Waals surface area contributed by atoms with E-state index in [0.717, 1.165) is 52.1 Å². The second-order valence-corrected chi connectivity index (χ2v) is 8.80. The van der Waals surface area contributed by atoms with Crippen LogP contribution in [0.4, 0.5) is 0 Å². The van der Waals surface area contributed by atoms with E-state index in [2.05, 4.69) is 60.4 Å². The van der Waals surface area contributed by atoms with Gasteiger partial charge in [-0.05, 0) is 58.5 Å². The van der Waals surface area contributed by atoms with Crippen LogP contribution in [0.5, 0.6) is 0 Å². The summed E-state index contributed by atoms with van der Waals surface area (Å²) >= 11 is 0. The first-order valence-corrected chi connectivity index (χ1v) is 12.8. The molecule has 1 fully saturated rings. The molecule has 0 unspecified atom stereocenters. The molecule has 1 saturated heterocycles. The molecule has 0 radical (unpaired) electrons. The lowest BCUT2D eigenvalue weighted by Crippen LogP contribution is -2.32. The highest BCUT2D eigenvalue weighted by molar-refractivity contribution is 6.05. The van der Waals surface area contributed by atoms with Crippen LogP contribution in [0.25, 0.3) is 21.5 Å². The van der Waals surface area contributed by atoms with Crippen LogP contribution in [0.15, 0.2) is 48.5 Å². The van der Waals surface area contributed by atoms with Gasteiger partial charge in [0.15, 0.2) is 0 Å². The van der Waals surface area contributed by atoms with Gasteiger partial charge < -0.3 is 18.9 Å². The Labute approximate surface area is 203 Å². The molecule has 0 bridgehead atoms. The van der Waals surface area contributed by atoms with Crippen LogP contribution in [0.2, 0.25) is 0 Å². The highest BCUT2D eigenvalue weighted by atomic mass is 16.6. The molecule has 0 saturated carbocycles. The van der Waals surface area contributed by atoms with Gasteiger partial charge in [-0.1, -0.05) is 55.5 Å². The first-order valence-electron chi connectivity index (χ1n) is 12.8. The molecule has 184 valence electrons. The Kier molecular flexibility index (Phi) is 10.2. The van der Waals surface area contributed by atoms with E-state index in [9.17, 15) is 0 Å². The van der Waals surface area contributed by atoms with Crippen molar-refractivity contribution < 1.29 is 18.9 Å². The summed E-state index contributed by atoms with van der Waals surface area (Å²) in [6, 6.07) is 17.8. The minimum absolute atomic E-state index is 0.609. The molecule has 0 atom stereocenters. The maximum Gasteiger partial charge on any atom is 0.0701 e. The number of benzene rings is 3. The van der Waals surface area contributed by atoms with Gasteiger partial charge in [0.05, 0.1) is 52.9 Å². The van der Waals surface area contributed by atoms with E-state index in [4.69, 9.17) is 18.9 Å². The third-order valence-corrected chi connectivity index (χ3v) is 6.63. The zero-order valence-corrected chi connectivity index (χ0v) is 20.6. The number of fused-ring (bicyclic) bond motifs is 2. The summed E-state index contributed by atoms with van der Waals surface area (Å²) in [6.07, 6.45) is 3.21. The Morgan fingerprint density at radius 1 is 0.588 bits per heavy atom. The topological polar surface area (TPSA) is 40.2 Å². The van der Waals surface area contributed by atoms with Crippen LogP contribution in [0.1, 0.15) is 24.5 Å². The van der Waals surface area contributed by atoms with Gasteiger partial charge in [-0.15, -0.1) is 0 Å². The highest BCUT2D eigenvalue weighted by Gasteiger charge is 2.13. The fourth-order valence-electron chi connectivity index (χ4n) is 4.92. The molecule has 0 aliphatic carbocycles. The average Bonchev–Trinajstić information content (AvgIpc) is 2.88. The third kappa shape index (κ3) is 6.77.